The van der Waals surface area contributed by atoms with Crippen LogP contribution in [0.5, 0.6) is 23.0 Å². The van der Waals surface area contributed by atoms with Crippen molar-refractivity contribution in [2.45, 2.75) is 58.8 Å². The van der Waals surface area contributed by atoms with Crippen LogP contribution in [0.1, 0.15) is 75.6 Å². The number of aryl methyl sites for hydroxylation is 4. The highest BCUT2D eigenvalue weighted by atomic mass is 16.5. The molecule has 41 heavy (non-hydrogen) atoms. The van der Waals surface area contributed by atoms with Crippen LogP contribution in [0.2, 0.25) is 0 Å². The first-order valence-electron chi connectivity index (χ1n) is 14.4. The molecule has 0 bridgehead atoms. The summed E-state index contributed by atoms with van der Waals surface area (Å²) < 4.78 is 23.5. The van der Waals surface area contributed by atoms with E-state index in [2.05, 4.69) is 100 Å². The van der Waals surface area contributed by atoms with Crippen molar-refractivity contribution in [3.8, 4) is 23.0 Å². The van der Waals surface area contributed by atoms with Gasteiger partial charge in [-0.1, -0.05) is 77.2 Å². The Morgan fingerprint density at radius 1 is 0.415 bits per heavy atom. The lowest BCUT2D eigenvalue weighted by Crippen LogP contribution is -2.10. The standard InChI is InChI=1S/C37H44O4/c1-24-12-16-34(38-5)30(20-24)28(31-21-25(2)13-17-35(31)39-6)10-9-11-29(32-22-26(3)14-18-36(32)40-7)33-23-27(4)15-19-37(33)41-8/h12-23,28-29H,9-11H2,1-8H3. The molecule has 4 aromatic carbocycles. The van der Waals surface area contributed by atoms with Crippen molar-refractivity contribution in [3.05, 3.63) is 117 Å². The van der Waals surface area contributed by atoms with Gasteiger partial charge >= 0.3 is 0 Å². The lowest BCUT2D eigenvalue weighted by atomic mass is 9.80. The van der Waals surface area contributed by atoms with Crippen molar-refractivity contribution < 1.29 is 18.9 Å². The molecule has 0 atom stereocenters. The Morgan fingerprint density at radius 3 is 0.878 bits per heavy atom. The molecule has 0 radical (unpaired) electrons. The quantitative estimate of drug-likeness (QED) is 0.176. The van der Waals surface area contributed by atoms with Gasteiger partial charge in [-0.3, -0.25) is 0 Å². The number of hydrogen-bond acceptors (Lipinski definition) is 4. The topological polar surface area (TPSA) is 36.9 Å². The maximum Gasteiger partial charge on any atom is 0.122 e. The van der Waals surface area contributed by atoms with Crippen LogP contribution in [0.25, 0.3) is 0 Å². The fourth-order valence-electron chi connectivity index (χ4n) is 5.99. The maximum atomic E-state index is 5.89. The smallest absolute Gasteiger partial charge is 0.122 e. The summed E-state index contributed by atoms with van der Waals surface area (Å²) >= 11 is 0. The second-order valence-electron chi connectivity index (χ2n) is 11.0. The second kappa shape index (κ2) is 13.6. The van der Waals surface area contributed by atoms with Crippen molar-refractivity contribution in [1.29, 1.82) is 0 Å². The minimum Gasteiger partial charge on any atom is -0.496 e. The van der Waals surface area contributed by atoms with E-state index in [9.17, 15) is 0 Å². The molecule has 0 aromatic heterocycles. The van der Waals surface area contributed by atoms with Crippen LogP contribution >= 0.6 is 0 Å². The van der Waals surface area contributed by atoms with Crippen molar-refractivity contribution in [2.24, 2.45) is 0 Å². The summed E-state index contributed by atoms with van der Waals surface area (Å²) in [5, 5.41) is 0. The van der Waals surface area contributed by atoms with Gasteiger partial charge in [0.2, 0.25) is 0 Å². The van der Waals surface area contributed by atoms with Crippen LogP contribution in [0, 0.1) is 27.7 Å². The van der Waals surface area contributed by atoms with Crippen molar-refractivity contribution in [3.63, 3.8) is 0 Å². The maximum absolute atomic E-state index is 5.89. The third-order valence-corrected chi connectivity index (χ3v) is 8.03. The van der Waals surface area contributed by atoms with Gasteiger partial charge in [-0.05, 0) is 64.8 Å². The number of benzene rings is 4. The Balaban J connectivity index is 1.78. The van der Waals surface area contributed by atoms with Gasteiger partial charge in [-0.2, -0.15) is 0 Å². The van der Waals surface area contributed by atoms with Gasteiger partial charge in [0.05, 0.1) is 28.4 Å². The van der Waals surface area contributed by atoms with Gasteiger partial charge in [-0.15, -0.1) is 0 Å². The molecule has 0 saturated carbocycles. The summed E-state index contributed by atoms with van der Waals surface area (Å²) in [4.78, 5) is 0. The lowest BCUT2D eigenvalue weighted by Gasteiger charge is -2.26. The summed E-state index contributed by atoms with van der Waals surface area (Å²) in [5.41, 5.74) is 9.61. The first kappa shape index (κ1) is 30.0. The first-order valence-corrected chi connectivity index (χ1v) is 14.4. The lowest BCUT2D eigenvalue weighted by molar-refractivity contribution is 0.392. The number of hydrogen-bond donors (Lipinski definition) is 0. The number of ether oxygens (including phenoxy) is 4. The summed E-state index contributed by atoms with van der Waals surface area (Å²) in [5.74, 6) is 3.84. The molecular formula is C37H44O4. The molecule has 0 amide bonds. The molecule has 0 heterocycles. The van der Waals surface area contributed by atoms with Gasteiger partial charge in [0.1, 0.15) is 23.0 Å². The molecule has 0 saturated heterocycles. The van der Waals surface area contributed by atoms with Gasteiger partial charge < -0.3 is 18.9 Å². The molecule has 0 N–H and O–H groups in total. The second-order valence-corrected chi connectivity index (χ2v) is 11.0. The highest BCUT2D eigenvalue weighted by Crippen LogP contribution is 2.44. The molecule has 4 nitrogen and oxygen atoms in total. The van der Waals surface area contributed by atoms with E-state index in [0.29, 0.717) is 0 Å². The third kappa shape index (κ3) is 6.87. The van der Waals surface area contributed by atoms with E-state index in [4.69, 9.17) is 18.9 Å². The minimum absolute atomic E-state index is 0.110. The van der Waals surface area contributed by atoms with Gasteiger partial charge in [-0.25, -0.2) is 0 Å². The Labute approximate surface area is 246 Å². The predicted octanol–water partition coefficient (Wildman–Crippen LogP) is 9.09. The van der Waals surface area contributed by atoms with E-state index in [-0.39, 0.29) is 11.8 Å². The van der Waals surface area contributed by atoms with Crippen LogP contribution in [0.4, 0.5) is 0 Å². The van der Waals surface area contributed by atoms with E-state index < -0.39 is 0 Å². The van der Waals surface area contributed by atoms with Gasteiger partial charge in [0.15, 0.2) is 0 Å². The molecule has 0 aliphatic carbocycles. The fourth-order valence-corrected chi connectivity index (χ4v) is 5.99. The minimum atomic E-state index is 0.110. The molecule has 0 unspecified atom stereocenters. The highest BCUT2D eigenvalue weighted by molar-refractivity contribution is 5.51. The monoisotopic (exact) mass is 552 g/mol. The van der Waals surface area contributed by atoms with Crippen molar-refractivity contribution in [1.82, 2.24) is 0 Å². The van der Waals surface area contributed by atoms with Crippen molar-refractivity contribution in [2.75, 3.05) is 28.4 Å². The van der Waals surface area contributed by atoms with E-state index in [0.717, 1.165) is 42.3 Å². The van der Waals surface area contributed by atoms with E-state index in [1.807, 2.05) is 0 Å². The zero-order valence-electron chi connectivity index (χ0n) is 25.8. The molecule has 0 fully saturated rings. The predicted molar refractivity (Wildman–Crippen MR) is 168 cm³/mol. The number of methoxy groups -OCH3 is 4. The first-order chi connectivity index (χ1) is 19.8. The highest BCUT2D eigenvalue weighted by Gasteiger charge is 2.26. The molecule has 216 valence electrons. The normalized spacial score (nSPS) is 11.2. The average Bonchev–Trinajstić information content (AvgIpc) is 2.97. The summed E-state index contributed by atoms with van der Waals surface area (Å²) in [7, 11) is 7.01. The summed E-state index contributed by atoms with van der Waals surface area (Å²) in [6.45, 7) is 8.55. The molecule has 4 aromatic rings. The zero-order valence-corrected chi connectivity index (χ0v) is 25.8. The largest absolute Gasteiger partial charge is 0.496 e. The Kier molecular flexibility index (Phi) is 9.99. The van der Waals surface area contributed by atoms with Crippen molar-refractivity contribution >= 4 is 0 Å². The Morgan fingerprint density at radius 2 is 0.659 bits per heavy atom. The van der Waals surface area contributed by atoms with Crippen LogP contribution in [0.3, 0.4) is 0 Å². The molecule has 4 heteroatoms. The summed E-state index contributed by atoms with van der Waals surface area (Å²) in [6, 6.07) is 25.8. The van der Waals surface area contributed by atoms with Crippen LogP contribution in [0.15, 0.2) is 72.8 Å². The molecule has 0 aliphatic rings. The SMILES string of the molecule is COc1ccc(C)cc1C(CCCC(c1cc(C)ccc1OC)c1cc(C)ccc1OC)c1cc(C)ccc1OC. The fraction of sp³-hybridized carbons (Fsp3) is 0.351. The molecule has 0 spiro atoms. The molecule has 4 rings (SSSR count). The van der Waals surface area contributed by atoms with E-state index >= 15 is 0 Å². The van der Waals surface area contributed by atoms with E-state index in [1.54, 1.807) is 28.4 Å². The number of rotatable bonds is 12. The third-order valence-electron chi connectivity index (χ3n) is 8.03. The van der Waals surface area contributed by atoms with Crippen LogP contribution in [-0.2, 0) is 0 Å². The summed E-state index contributed by atoms with van der Waals surface area (Å²) in [6.07, 6.45) is 2.83. The van der Waals surface area contributed by atoms with Crippen LogP contribution in [-0.4, -0.2) is 28.4 Å². The average molecular weight is 553 g/mol. The Bertz CT molecular complexity index is 1250. The van der Waals surface area contributed by atoms with Gasteiger partial charge in [0, 0.05) is 34.1 Å². The van der Waals surface area contributed by atoms with E-state index in [1.165, 1.54) is 44.5 Å². The Hall–Kier alpha value is -3.92. The van der Waals surface area contributed by atoms with Gasteiger partial charge in [0.25, 0.3) is 0 Å². The zero-order chi connectivity index (χ0) is 29.5. The van der Waals surface area contributed by atoms with Crippen LogP contribution < -0.4 is 18.9 Å². The molecular weight excluding hydrogens is 508 g/mol. The molecule has 0 aliphatic heterocycles.